The fourth-order valence-corrected chi connectivity index (χ4v) is 5.58. The number of anilines is 2. The van der Waals surface area contributed by atoms with Crippen molar-refractivity contribution in [2.75, 3.05) is 42.9 Å². The largest absolute Gasteiger partial charge is 0.353 e. The van der Waals surface area contributed by atoms with Gasteiger partial charge in [0.15, 0.2) is 0 Å². The summed E-state index contributed by atoms with van der Waals surface area (Å²) in [5, 5.41) is 4.46. The Morgan fingerprint density at radius 1 is 1.06 bits per heavy atom. The van der Waals surface area contributed by atoms with Crippen molar-refractivity contribution in [3.8, 4) is 0 Å². The highest BCUT2D eigenvalue weighted by Gasteiger charge is 2.34. The highest BCUT2D eigenvalue weighted by Crippen LogP contribution is 2.35. The molecule has 0 atom stereocenters. The van der Waals surface area contributed by atoms with E-state index in [2.05, 4.69) is 57.6 Å². The molecule has 2 aliphatic heterocycles. The molecule has 5 nitrogen and oxygen atoms in total. The minimum Gasteiger partial charge on any atom is -0.353 e. The third-order valence-electron chi connectivity index (χ3n) is 6.67. The number of hydrogen-bond donors (Lipinski definition) is 1. The van der Waals surface area contributed by atoms with Gasteiger partial charge in [-0.25, -0.2) is 0 Å². The zero-order valence-electron chi connectivity index (χ0n) is 18.4. The van der Waals surface area contributed by atoms with Crippen LogP contribution in [0.5, 0.6) is 0 Å². The maximum Gasteiger partial charge on any atom is 0.230 e. The highest BCUT2D eigenvalue weighted by molar-refractivity contribution is 7.13. The van der Waals surface area contributed by atoms with Gasteiger partial charge in [-0.2, -0.15) is 4.37 Å². The normalized spacial score (nSPS) is 18.8. The molecular formula is C25H30N4OS. The number of fused-ring (bicyclic) bond motifs is 2. The van der Waals surface area contributed by atoms with Crippen LogP contribution in [0.1, 0.15) is 31.4 Å². The van der Waals surface area contributed by atoms with Crippen LogP contribution < -0.4 is 10.2 Å². The van der Waals surface area contributed by atoms with E-state index in [1.54, 1.807) is 11.5 Å². The number of hydrogen-bond acceptors (Lipinski definition) is 5. The molecule has 31 heavy (non-hydrogen) atoms. The van der Waals surface area contributed by atoms with Crippen molar-refractivity contribution < 1.29 is 4.79 Å². The third-order valence-corrected chi connectivity index (χ3v) is 7.49. The van der Waals surface area contributed by atoms with Crippen LogP contribution in [-0.2, 0) is 17.6 Å². The van der Waals surface area contributed by atoms with Gasteiger partial charge >= 0.3 is 0 Å². The van der Waals surface area contributed by atoms with E-state index in [4.69, 9.17) is 4.37 Å². The maximum atomic E-state index is 12.4. The Bertz CT molecular complexity index is 1100. The van der Waals surface area contributed by atoms with Gasteiger partial charge in [-0.1, -0.05) is 44.2 Å². The Balaban J connectivity index is 1.16. The van der Waals surface area contributed by atoms with Gasteiger partial charge in [0.05, 0.1) is 4.70 Å². The average molecular weight is 435 g/mol. The highest BCUT2D eigenvalue weighted by atomic mass is 32.1. The van der Waals surface area contributed by atoms with E-state index in [1.807, 2.05) is 13.8 Å². The molecule has 1 aromatic heterocycles. The number of piperazine rings is 1. The van der Waals surface area contributed by atoms with Crippen LogP contribution in [0.3, 0.4) is 0 Å². The number of benzene rings is 2. The molecule has 3 heterocycles. The zero-order chi connectivity index (χ0) is 21.4. The quantitative estimate of drug-likeness (QED) is 0.639. The summed E-state index contributed by atoms with van der Waals surface area (Å²) < 4.78 is 5.98. The Morgan fingerprint density at radius 2 is 1.87 bits per heavy atom. The topological polar surface area (TPSA) is 48.5 Å². The first kappa shape index (κ1) is 20.5. The van der Waals surface area contributed by atoms with E-state index in [9.17, 15) is 4.79 Å². The second-order valence-electron chi connectivity index (χ2n) is 9.40. The maximum absolute atomic E-state index is 12.4. The van der Waals surface area contributed by atoms with Gasteiger partial charge in [0.25, 0.3) is 0 Å². The lowest BCUT2D eigenvalue weighted by Gasteiger charge is -2.35. The molecule has 0 radical (unpaired) electrons. The van der Waals surface area contributed by atoms with E-state index in [1.165, 1.54) is 21.2 Å². The third kappa shape index (κ3) is 4.06. The molecule has 0 bridgehead atoms. The van der Waals surface area contributed by atoms with Crippen LogP contribution in [0.2, 0.25) is 0 Å². The first-order valence-corrected chi connectivity index (χ1v) is 12.0. The smallest absolute Gasteiger partial charge is 0.230 e. The van der Waals surface area contributed by atoms with E-state index < -0.39 is 0 Å². The molecule has 1 amide bonds. The van der Waals surface area contributed by atoms with E-state index in [-0.39, 0.29) is 11.3 Å². The van der Waals surface area contributed by atoms with E-state index in [0.29, 0.717) is 0 Å². The summed E-state index contributed by atoms with van der Waals surface area (Å²) in [6.07, 6.45) is 2.92. The van der Waals surface area contributed by atoms with Gasteiger partial charge in [0.1, 0.15) is 5.82 Å². The molecular weight excluding hydrogens is 404 g/mol. The Kier molecular flexibility index (Phi) is 5.44. The van der Waals surface area contributed by atoms with Crippen LogP contribution in [0.15, 0.2) is 42.5 Å². The number of rotatable bonds is 5. The van der Waals surface area contributed by atoms with Crippen molar-refractivity contribution >= 4 is 39.0 Å². The SMILES string of the molecule is CC1(C)Cc2cccc(CCCN3CCN(c4nsc5ccccc45)CC3)c2NC1=O. The van der Waals surface area contributed by atoms with Gasteiger partial charge in [0, 0.05) is 42.7 Å². The summed E-state index contributed by atoms with van der Waals surface area (Å²) in [4.78, 5) is 17.4. The molecule has 1 fully saturated rings. The molecule has 0 spiro atoms. The minimum atomic E-state index is -0.325. The summed E-state index contributed by atoms with van der Waals surface area (Å²) in [6, 6.07) is 15.0. The van der Waals surface area contributed by atoms with E-state index in [0.717, 1.165) is 63.5 Å². The molecule has 6 heteroatoms. The predicted molar refractivity (Wildman–Crippen MR) is 129 cm³/mol. The first-order chi connectivity index (χ1) is 15.0. The molecule has 3 aromatic rings. The molecule has 2 aliphatic rings. The van der Waals surface area contributed by atoms with E-state index >= 15 is 0 Å². The standard InChI is InChI=1S/C25H30N4OS/c1-25(2)17-19-8-5-7-18(22(19)26-24(25)30)9-6-12-28-13-15-29(16-14-28)23-20-10-3-4-11-21(20)31-27-23/h3-5,7-8,10-11H,6,9,12-17H2,1-2H3,(H,26,30). The number of aromatic nitrogens is 1. The number of nitrogens with one attached hydrogen (secondary N) is 1. The lowest BCUT2D eigenvalue weighted by Crippen LogP contribution is -2.46. The number of carbonyl (C=O) groups is 1. The summed E-state index contributed by atoms with van der Waals surface area (Å²) in [7, 11) is 0. The molecule has 2 aromatic carbocycles. The molecule has 5 rings (SSSR count). The molecule has 0 aliphatic carbocycles. The second kappa shape index (κ2) is 8.24. The van der Waals surface area contributed by atoms with Crippen LogP contribution in [0.4, 0.5) is 11.5 Å². The number of aryl methyl sites for hydroxylation is 1. The van der Waals surface area contributed by atoms with Gasteiger partial charge in [0.2, 0.25) is 5.91 Å². The Hall–Kier alpha value is -2.44. The van der Waals surface area contributed by atoms with Gasteiger partial charge in [-0.3, -0.25) is 9.69 Å². The number of amides is 1. The first-order valence-electron chi connectivity index (χ1n) is 11.3. The summed E-state index contributed by atoms with van der Waals surface area (Å²) >= 11 is 1.60. The molecule has 0 saturated carbocycles. The molecule has 0 unspecified atom stereocenters. The van der Waals surface area contributed by atoms with Crippen LogP contribution in [-0.4, -0.2) is 47.9 Å². The predicted octanol–water partition coefficient (Wildman–Crippen LogP) is 4.57. The Labute approximate surface area is 188 Å². The molecule has 1 N–H and O–H groups in total. The summed E-state index contributed by atoms with van der Waals surface area (Å²) in [6.45, 7) is 9.33. The Morgan fingerprint density at radius 3 is 2.71 bits per heavy atom. The van der Waals surface area contributed by atoms with Gasteiger partial charge in [-0.05, 0) is 60.6 Å². The zero-order valence-corrected chi connectivity index (χ0v) is 19.2. The van der Waals surface area contributed by atoms with Crippen LogP contribution >= 0.6 is 11.5 Å². The lowest BCUT2D eigenvalue weighted by atomic mass is 9.80. The van der Waals surface area contributed by atoms with Crippen molar-refractivity contribution in [2.45, 2.75) is 33.1 Å². The number of carbonyl (C=O) groups excluding carboxylic acids is 1. The lowest BCUT2D eigenvalue weighted by molar-refractivity contribution is -0.124. The van der Waals surface area contributed by atoms with Crippen molar-refractivity contribution in [1.82, 2.24) is 9.27 Å². The summed E-state index contributed by atoms with van der Waals surface area (Å²) in [5.41, 5.74) is 3.28. The fourth-order valence-electron chi connectivity index (χ4n) is 4.79. The van der Waals surface area contributed by atoms with Gasteiger partial charge < -0.3 is 10.2 Å². The van der Waals surface area contributed by atoms with Crippen molar-refractivity contribution in [1.29, 1.82) is 0 Å². The van der Waals surface area contributed by atoms with Crippen molar-refractivity contribution in [3.05, 3.63) is 53.6 Å². The minimum absolute atomic E-state index is 0.137. The van der Waals surface area contributed by atoms with Crippen molar-refractivity contribution in [2.24, 2.45) is 5.41 Å². The number of para-hydroxylation sites is 1. The number of nitrogens with zero attached hydrogens (tertiary/aromatic N) is 3. The molecule has 1 saturated heterocycles. The average Bonchev–Trinajstić information content (AvgIpc) is 3.19. The molecule has 162 valence electrons. The summed E-state index contributed by atoms with van der Waals surface area (Å²) in [5.74, 6) is 1.29. The van der Waals surface area contributed by atoms with Crippen LogP contribution in [0.25, 0.3) is 10.1 Å². The van der Waals surface area contributed by atoms with Gasteiger partial charge in [-0.15, -0.1) is 0 Å². The van der Waals surface area contributed by atoms with Crippen molar-refractivity contribution in [3.63, 3.8) is 0 Å². The second-order valence-corrected chi connectivity index (χ2v) is 10.2. The monoisotopic (exact) mass is 434 g/mol. The fraction of sp³-hybridized carbons (Fsp3) is 0.440. The van der Waals surface area contributed by atoms with Crippen LogP contribution in [0, 0.1) is 5.41 Å².